The van der Waals surface area contributed by atoms with Gasteiger partial charge in [0.1, 0.15) is 0 Å². The zero-order valence-electron chi connectivity index (χ0n) is 13.5. The molecular formula is C19H24N2O2. The average molecular weight is 312 g/mol. The number of fused-ring (bicyclic) bond motifs is 2. The fourth-order valence-corrected chi connectivity index (χ4v) is 4.15. The van der Waals surface area contributed by atoms with Gasteiger partial charge < -0.3 is 14.6 Å². The third-order valence-corrected chi connectivity index (χ3v) is 5.31. The highest BCUT2D eigenvalue weighted by Gasteiger charge is 2.37. The topological polar surface area (TPSA) is 45.3 Å². The summed E-state index contributed by atoms with van der Waals surface area (Å²) in [4.78, 5) is 18.0. The van der Waals surface area contributed by atoms with Crippen LogP contribution in [0.4, 0.5) is 0 Å². The van der Waals surface area contributed by atoms with Crippen LogP contribution < -0.4 is 0 Å². The number of H-pyrrole nitrogens is 1. The van der Waals surface area contributed by atoms with Crippen molar-refractivity contribution in [3.63, 3.8) is 0 Å². The van der Waals surface area contributed by atoms with E-state index in [0.29, 0.717) is 31.1 Å². The number of amides is 1. The van der Waals surface area contributed by atoms with Gasteiger partial charge in [-0.25, -0.2) is 0 Å². The van der Waals surface area contributed by atoms with Gasteiger partial charge in [0.05, 0.1) is 18.8 Å². The van der Waals surface area contributed by atoms with E-state index in [1.807, 2.05) is 6.07 Å². The van der Waals surface area contributed by atoms with Gasteiger partial charge in [-0.1, -0.05) is 18.2 Å². The molecule has 4 rings (SSSR count). The molecule has 1 saturated heterocycles. The van der Waals surface area contributed by atoms with Gasteiger partial charge in [-0.2, -0.15) is 0 Å². The van der Waals surface area contributed by atoms with Crippen LogP contribution in [-0.4, -0.2) is 41.1 Å². The molecule has 1 aliphatic heterocycles. The molecule has 1 amide bonds. The van der Waals surface area contributed by atoms with Crippen molar-refractivity contribution in [2.75, 3.05) is 13.2 Å². The van der Waals surface area contributed by atoms with Crippen LogP contribution in [0.5, 0.6) is 0 Å². The highest BCUT2D eigenvalue weighted by Crippen LogP contribution is 2.30. The zero-order chi connectivity index (χ0) is 15.6. The maximum Gasteiger partial charge on any atom is 0.222 e. The van der Waals surface area contributed by atoms with Crippen molar-refractivity contribution in [3.05, 3.63) is 36.0 Å². The van der Waals surface area contributed by atoms with Crippen LogP contribution in [0.2, 0.25) is 0 Å². The van der Waals surface area contributed by atoms with E-state index in [0.717, 1.165) is 32.2 Å². The number of aromatic nitrogens is 1. The Hall–Kier alpha value is -1.81. The van der Waals surface area contributed by atoms with Gasteiger partial charge in [0.25, 0.3) is 0 Å². The predicted molar refractivity (Wildman–Crippen MR) is 90.3 cm³/mol. The number of rotatable bonds is 4. The first-order valence-electron chi connectivity index (χ1n) is 8.79. The Bertz CT molecular complexity index is 693. The molecule has 4 heteroatoms. The Morgan fingerprint density at radius 2 is 2.22 bits per heavy atom. The van der Waals surface area contributed by atoms with Gasteiger partial charge in [0.15, 0.2) is 0 Å². The standard InChI is InChI=1S/C19H24N2O2/c22-19(21-11-12-23-18-9-4-8-17(18)21)10-3-5-14-13-20-16-7-2-1-6-15(14)16/h1-2,6-7,13,17-18,20H,3-5,8-12H2. The lowest BCUT2D eigenvalue weighted by Crippen LogP contribution is -2.51. The quantitative estimate of drug-likeness (QED) is 0.942. The first kappa shape index (κ1) is 14.8. The van der Waals surface area contributed by atoms with Crippen molar-refractivity contribution < 1.29 is 9.53 Å². The minimum absolute atomic E-state index is 0.293. The average Bonchev–Trinajstić information content (AvgIpc) is 3.21. The molecule has 2 aliphatic rings. The van der Waals surface area contributed by atoms with Crippen molar-refractivity contribution in [2.24, 2.45) is 0 Å². The van der Waals surface area contributed by atoms with Gasteiger partial charge in [0, 0.05) is 30.1 Å². The van der Waals surface area contributed by atoms with Crippen LogP contribution in [0, 0.1) is 0 Å². The summed E-state index contributed by atoms with van der Waals surface area (Å²) in [7, 11) is 0. The Kier molecular flexibility index (Phi) is 4.08. The number of ether oxygens (including phenoxy) is 1. The van der Waals surface area contributed by atoms with E-state index >= 15 is 0 Å². The maximum atomic E-state index is 12.6. The highest BCUT2D eigenvalue weighted by atomic mass is 16.5. The number of nitrogens with one attached hydrogen (secondary N) is 1. The number of benzene rings is 1. The summed E-state index contributed by atoms with van der Waals surface area (Å²) in [5.74, 6) is 0.310. The minimum Gasteiger partial charge on any atom is -0.374 e. The van der Waals surface area contributed by atoms with Gasteiger partial charge in [-0.3, -0.25) is 4.79 Å². The number of carbonyl (C=O) groups is 1. The molecule has 4 nitrogen and oxygen atoms in total. The van der Waals surface area contributed by atoms with Crippen molar-refractivity contribution in [2.45, 2.75) is 50.7 Å². The third kappa shape index (κ3) is 2.88. The van der Waals surface area contributed by atoms with E-state index in [9.17, 15) is 4.79 Å². The molecule has 0 spiro atoms. The van der Waals surface area contributed by atoms with E-state index in [-0.39, 0.29) is 0 Å². The molecule has 23 heavy (non-hydrogen) atoms. The Balaban J connectivity index is 1.34. The summed E-state index contributed by atoms with van der Waals surface area (Å²) >= 11 is 0. The van der Waals surface area contributed by atoms with Crippen molar-refractivity contribution in [1.82, 2.24) is 9.88 Å². The van der Waals surface area contributed by atoms with Gasteiger partial charge >= 0.3 is 0 Å². The molecule has 2 atom stereocenters. The van der Waals surface area contributed by atoms with Crippen LogP contribution in [0.1, 0.15) is 37.7 Å². The predicted octanol–water partition coefficient (Wildman–Crippen LogP) is 3.27. The van der Waals surface area contributed by atoms with Crippen molar-refractivity contribution >= 4 is 16.8 Å². The third-order valence-electron chi connectivity index (χ3n) is 5.31. The van der Waals surface area contributed by atoms with E-state index in [2.05, 4.69) is 34.3 Å². The van der Waals surface area contributed by atoms with Crippen molar-refractivity contribution in [1.29, 1.82) is 0 Å². The lowest BCUT2D eigenvalue weighted by Gasteiger charge is -2.37. The molecule has 0 bridgehead atoms. The van der Waals surface area contributed by atoms with Crippen molar-refractivity contribution in [3.8, 4) is 0 Å². The molecule has 0 radical (unpaired) electrons. The summed E-state index contributed by atoms with van der Waals surface area (Å²) in [5, 5.41) is 1.28. The van der Waals surface area contributed by atoms with Crippen LogP contribution >= 0.6 is 0 Å². The van der Waals surface area contributed by atoms with Crippen LogP contribution in [0.25, 0.3) is 10.9 Å². The normalized spacial score (nSPS) is 24.1. The lowest BCUT2D eigenvalue weighted by molar-refractivity contribution is -0.144. The summed E-state index contributed by atoms with van der Waals surface area (Å²) in [6, 6.07) is 8.69. The summed E-state index contributed by atoms with van der Waals surface area (Å²) < 4.78 is 5.80. The Morgan fingerprint density at radius 1 is 1.30 bits per heavy atom. The molecule has 2 aromatic rings. The molecule has 1 N–H and O–H groups in total. The summed E-state index contributed by atoms with van der Waals surface area (Å²) in [6.45, 7) is 1.47. The second kappa shape index (κ2) is 6.36. The van der Waals surface area contributed by atoms with E-state index < -0.39 is 0 Å². The Labute approximate surface area is 136 Å². The fraction of sp³-hybridized carbons (Fsp3) is 0.526. The van der Waals surface area contributed by atoms with Crippen LogP contribution in [-0.2, 0) is 16.0 Å². The number of aromatic amines is 1. The smallest absolute Gasteiger partial charge is 0.222 e. The van der Waals surface area contributed by atoms with E-state index in [1.165, 1.54) is 22.9 Å². The minimum atomic E-state index is 0.293. The number of hydrogen-bond donors (Lipinski definition) is 1. The number of para-hydroxylation sites is 1. The number of carbonyl (C=O) groups excluding carboxylic acids is 1. The largest absolute Gasteiger partial charge is 0.374 e. The molecule has 1 aromatic heterocycles. The number of nitrogens with zero attached hydrogens (tertiary/aromatic N) is 1. The highest BCUT2D eigenvalue weighted by molar-refractivity contribution is 5.83. The molecule has 2 heterocycles. The second-order valence-electron chi connectivity index (χ2n) is 6.71. The second-order valence-corrected chi connectivity index (χ2v) is 6.71. The first-order valence-corrected chi connectivity index (χ1v) is 8.79. The van der Waals surface area contributed by atoms with Crippen LogP contribution in [0.15, 0.2) is 30.5 Å². The van der Waals surface area contributed by atoms with Gasteiger partial charge in [-0.05, 0) is 43.7 Å². The van der Waals surface area contributed by atoms with Crippen LogP contribution in [0.3, 0.4) is 0 Å². The molecule has 1 aromatic carbocycles. The van der Waals surface area contributed by atoms with Gasteiger partial charge in [-0.15, -0.1) is 0 Å². The van der Waals surface area contributed by atoms with E-state index in [4.69, 9.17) is 4.74 Å². The maximum absolute atomic E-state index is 12.6. The molecule has 2 fully saturated rings. The number of morpholine rings is 1. The molecule has 2 unspecified atom stereocenters. The number of aryl methyl sites for hydroxylation is 1. The molecular weight excluding hydrogens is 288 g/mol. The van der Waals surface area contributed by atoms with E-state index in [1.54, 1.807) is 0 Å². The molecule has 1 saturated carbocycles. The zero-order valence-corrected chi connectivity index (χ0v) is 13.5. The first-order chi connectivity index (χ1) is 11.3. The number of hydrogen-bond acceptors (Lipinski definition) is 2. The summed E-state index contributed by atoms with van der Waals surface area (Å²) in [5.41, 5.74) is 2.49. The molecule has 122 valence electrons. The Morgan fingerprint density at radius 3 is 3.17 bits per heavy atom. The monoisotopic (exact) mass is 312 g/mol. The lowest BCUT2D eigenvalue weighted by atomic mass is 10.1. The summed E-state index contributed by atoms with van der Waals surface area (Å²) in [6.07, 6.45) is 8.29. The SMILES string of the molecule is O=C(CCCc1c[nH]c2ccccc12)N1CCOC2CCCC21. The van der Waals surface area contributed by atoms with Gasteiger partial charge in [0.2, 0.25) is 5.91 Å². The molecule has 1 aliphatic carbocycles. The fourth-order valence-electron chi connectivity index (χ4n) is 4.15.